The van der Waals surface area contributed by atoms with E-state index in [4.69, 9.17) is 9.40 Å². The summed E-state index contributed by atoms with van der Waals surface area (Å²) in [6, 6.07) is 14.7. The average Bonchev–Trinajstić information content (AvgIpc) is 3.81. The van der Waals surface area contributed by atoms with E-state index < -0.39 is 0 Å². The van der Waals surface area contributed by atoms with Crippen molar-refractivity contribution in [3.8, 4) is 11.3 Å². The topological polar surface area (TPSA) is 63.3 Å². The molecule has 1 radical (unpaired) electrons. The Kier molecular flexibility index (Phi) is 13.1. The smallest absolute Gasteiger partial charge is 0.164 e. The molecule has 0 fully saturated rings. The van der Waals surface area contributed by atoms with Crippen LogP contribution in [0, 0.1) is 29.7 Å². The number of ketones is 1. The van der Waals surface area contributed by atoms with Gasteiger partial charge in [0.15, 0.2) is 5.78 Å². The number of nitrogens with zero attached hydrogens (tertiary/aromatic N) is 1. The van der Waals surface area contributed by atoms with Gasteiger partial charge in [0.25, 0.3) is 0 Å². The Morgan fingerprint density at radius 3 is 2.19 bits per heavy atom. The number of aromatic nitrogens is 1. The maximum atomic E-state index is 12.2. The summed E-state index contributed by atoms with van der Waals surface area (Å²) in [5, 5.41) is 17.2. The van der Waals surface area contributed by atoms with E-state index in [1.54, 1.807) is 11.3 Å². The zero-order valence-electron chi connectivity index (χ0n) is 33.1. The number of hydrogen-bond acceptors (Lipinski definition) is 6. The minimum Gasteiger partial charge on any atom is -0.512 e. The Morgan fingerprint density at radius 1 is 0.942 bits per heavy atom. The molecule has 0 bridgehead atoms. The van der Waals surface area contributed by atoms with Crippen LogP contribution in [0.4, 0.5) is 0 Å². The second-order valence-electron chi connectivity index (χ2n) is 16.1. The Labute approximate surface area is 332 Å². The first kappa shape index (κ1) is 41.9. The minimum absolute atomic E-state index is 0. The van der Waals surface area contributed by atoms with Crippen LogP contribution in [0.3, 0.4) is 0 Å². The van der Waals surface area contributed by atoms with E-state index >= 15 is 0 Å². The molecule has 0 amide bonds. The molecule has 6 aromatic rings. The van der Waals surface area contributed by atoms with Crippen LogP contribution in [0.15, 0.2) is 58.2 Å². The molecule has 0 aliphatic heterocycles. The molecule has 4 heterocycles. The van der Waals surface area contributed by atoms with Crippen molar-refractivity contribution < 1.29 is 34.4 Å². The number of furan rings is 1. The van der Waals surface area contributed by atoms with Gasteiger partial charge in [0.2, 0.25) is 0 Å². The van der Waals surface area contributed by atoms with Gasteiger partial charge in [0.05, 0.1) is 0 Å². The molecule has 0 aliphatic rings. The predicted octanol–water partition coefficient (Wildman–Crippen LogP) is 14.3. The van der Waals surface area contributed by atoms with E-state index in [1.807, 2.05) is 59.1 Å². The van der Waals surface area contributed by atoms with Crippen molar-refractivity contribution in [2.24, 2.45) is 16.7 Å². The third kappa shape index (κ3) is 7.99. The van der Waals surface area contributed by atoms with Gasteiger partial charge in [-0.2, -0.15) is 11.3 Å². The van der Waals surface area contributed by atoms with E-state index in [1.165, 1.54) is 52.8 Å². The maximum Gasteiger partial charge on any atom is 0.164 e. The molecule has 0 spiro atoms. The summed E-state index contributed by atoms with van der Waals surface area (Å²) in [5.41, 5.74) is 5.16. The Morgan fingerprint density at radius 2 is 1.60 bits per heavy atom. The van der Waals surface area contributed by atoms with E-state index in [2.05, 4.69) is 83.3 Å². The van der Waals surface area contributed by atoms with Gasteiger partial charge in [0, 0.05) is 70.1 Å². The molecule has 52 heavy (non-hydrogen) atoms. The van der Waals surface area contributed by atoms with Crippen molar-refractivity contribution in [3.63, 3.8) is 0 Å². The van der Waals surface area contributed by atoms with Crippen LogP contribution in [0.25, 0.3) is 52.5 Å². The number of fused-ring (bicyclic) bond motifs is 6. The quantitative estimate of drug-likeness (QED) is 0.0845. The van der Waals surface area contributed by atoms with Crippen molar-refractivity contribution in [1.82, 2.24) is 4.98 Å². The third-order valence-corrected chi connectivity index (χ3v) is 13.4. The van der Waals surface area contributed by atoms with Crippen molar-refractivity contribution in [1.29, 1.82) is 0 Å². The van der Waals surface area contributed by atoms with Crippen molar-refractivity contribution in [2.75, 3.05) is 0 Å². The fourth-order valence-electron chi connectivity index (χ4n) is 6.70. The van der Waals surface area contributed by atoms with Gasteiger partial charge in [-0.1, -0.05) is 87.3 Å². The van der Waals surface area contributed by atoms with Gasteiger partial charge in [-0.25, -0.2) is 0 Å². The zero-order valence-corrected chi connectivity index (χ0v) is 37.1. The number of allylic oxidation sites excluding steroid dienone is 2. The summed E-state index contributed by atoms with van der Waals surface area (Å²) in [6.07, 6.45) is 7.66. The van der Waals surface area contributed by atoms with Crippen LogP contribution < -0.4 is 0 Å². The molecule has 4 nitrogen and oxygen atoms in total. The second kappa shape index (κ2) is 16.3. The van der Waals surface area contributed by atoms with Crippen LogP contribution in [0.1, 0.15) is 119 Å². The molecular weight excluding hydrogens is 859 g/mol. The number of hydrogen-bond donors (Lipinski definition) is 1. The molecule has 6 rings (SSSR count). The number of aliphatic hydroxyl groups excluding tert-OH is 1. The summed E-state index contributed by atoms with van der Waals surface area (Å²) in [6.45, 7) is 25.6. The van der Waals surface area contributed by atoms with Crippen LogP contribution in [-0.4, -0.2) is 15.9 Å². The van der Waals surface area contributed by atoms with E-state index in [0.29, 0.717) is 5.92 Å². The molecule has 0 aliphatic carbocycles. The number of rotatable bonds is 10. The molecule has 0 atom stereocenters. The van der Waals surface area contributed by atoms with Gasteiger partial charge < -0.3 is 9.52 Å². The Bertz CT molecular complexity index is 2220. The molecule has 4 aromatic heterocycles. The van der Waals surface area contributed by atoms with Crippen molar-refractivity contribution in [3.05, 3.63) is 76.7 Å². The van der Waals surface area contributed by atoms with Crippen LogP contribution >= 0.6 is 22.7 Å². The molecule has 1 N–H and O–H groups in total. The Balaban J connectivity index is 0.000000289. The number of thiophene rings is 2. The monoisotopic (exact) mass is 915 g/mol. The minimum atomic E-state index is -0.337. The normalized spacial score (nSPS) is 12.9. The number of pyridine rings is 1. The largest absolute Gasteiger partial charge is 0.512 e. The van der Waals surface area contributed by atoms with Gasteiger partial charge in [-0.05, 0) is 88.6 Å². The van der Waals surface area contributed by atoms with E-state index in [9.17, 15) is 9.90 Å². The van der Waals surface area contributed by atoms with Crippen molar-refractivity contribution >= 4 is 69.7 Å². The average molecular weight is 915 g/mol. The van der Waals surface area contributed by atoms with Gasteiger partial charge in [-0.3, -0.25) is 9.78 Å². The molecule has 0 saturated heterocycles. The first-order chi connectivity index (χ1) is 24.0. The fourth-order valence-corrected chi connectivity index (χ4v) is 9.07. The zero-order chi connectivity index (χ0) is 37.5. The van der Waals surface area contributed by atoms with Crippen molar-refractivity contribution in [2.45, 2.75) is 121 Å². The molecule has 0 saturated carbocycles. The second-order valence-corrected chi connectivity index (χ2v) is 18.1. The molecule has 281 valence electrons. The van der Waals surface area contributed by atoms with Crippen LogP contribution in [-0.2, 0) is 36.7 Å². The number of benzene rings is 2. The van der Waals surface area contributed by atoms with Crippen LogP contribution in [0.2, 0.25) is 0 Å². The summed E-state index contributed by atoms with van der Waals surface area (Å²) in [5.74, 6) is 1.96. The standard InChI is InChI=1S/C30H28NOS2.C15H28O2.Ir/c1-16(2)13-23-17(3)25-22(32-23)8-7-20-26-24(34-29(20)25)9-11-31-27(26)19-14-18-10-12-33-28(18)21(15-19)30(4,5)6;1-7-14(5,8-2)12(16)11-13(17)15(6,9-3)10-4;/h7-12,15-16H,13H2,1-6H3;11,16H,7-10H2,1-6H3;/q-1;;/b;12-11-;. The fraction of sp³-hybridized carbons (Fsp3) is 0.467. The maximum absolute atomic E-state index is 12.2. The first-order valence-electron chi connectivity index (χ1n) is 18.6. The van der Waals surface area contributed by atoms with Crippen LogP contribution in [0.5, 0.6) is 0 Å². The van der Waals surface area contributed by atoms with Gasteiger partial charge >= 0.3 is 0 Å². The number of aliphatic hydroxyl groups is 1. The summed E-state index contributed by atoms with van der Waals surface area (Å²) in [7, 11) is 0. The van der Waals surface area contributed by atoms with Gasteiger partial charge in [0.1, 0.15) is 17.1 Å². The first-order valence-corrected chi connectivity index (χ1v) is 20.3. The van der Waals surface area contributed by atoms with E-state index in [0.717, 1.165) is 54.7 Å². The summed E-state index contributed by atoms with van der Waals surface area (Å²) >= 11 is 3.65. The third-order valence-electron chi connectivity index (χ3n) is 11.3. The number of aryl methyl sites for hydroxylation is 1. The summed E-state index contributed by atoms with van der Waals surface area (Å²) in [4.78, 5) is 17.1. The van der Waals surface area contributed by atoms with Gasteiger partial charge in [-0.15, -0.1) is 34.9 Å². The molecule has 7 heteroatoms. The predicted molar refractivity (Wildman–Crippen MR) is 222 cm³/mol. The number of carbonyl (C=O) groups is 1. The molecular formula is C45H56IrNO3S2-. The number of carbonyl (C=O) groups excluding carboxylic acids is 1. The summed E-state index contributed by atoms with van der Waals surface area (Å²) < 4.78 is 10.2. The SMILES string of the molecule is CCC(C)(CC)C(=O)/C=C(\O)C(C)(CC)CC.Cc1c(CC(C)C)oc2ccc3c(sc4ccnc(-c5[c-]c6ccsc6c(C(C)(C)C)c5)c43)c12.[Ir]. The molecule has 2 aromatic carbocycles. The van der Waals surface area contributed by atoms with E-state index in [-0.39, 0.29) is 47.9 Å². The Hall–Kier alpha value is -2.83. The molecule has 0 unspecified atom stereocenters.